The van der Waals surface area contributed by atoms with E-state index in [1.807, 2.05) is 17.0 Å². The van der Waals surface area contributed by atoms with Gasteiger partial charge >= 0.3 is 0 Å². The Bertz CT molecular complexity index is 724. The van der Waals surface area contributed by atoms with Crippen molar-refractivity contribution >= 4 is 17.5 Å². The molecule has 0 unspecified atom stereocenters. The van der Waals surface area contributed by atoms with Crippen molar-refractivity contribution in [3.05, 3.63) is 24.3 Å². The van der Waals surface area contributed by atoms with E-state index in [1.54, 1.807) is 7.11 Å². The molecule has 30 heavy (non-hydrogen) atoms. The van der Waals surface area contributed by atoms with Gasteiger partial charge in [-0.3, -0.25) is 14.5 Å². The van der Waals surface area contributed by atoms with Crippen molar-refractivity contribution in [1.29, 1.82) is 0 Å². The zero-order valence-corrected chi connectivity index (χ0v) is 18.0. The minimum absolute atomic E-state index is 0.0423. The first kappa shape index (κ1) is 21.0. The smallest absolute Gasteiger partial charge is 0.225 e. The van der Waals surface area contributed by atoms with Gasteiger partial charge in [-0.1, -0.05) is 12.8 Å². The van der Waals surface area contributed by atoms with Crippen LogP contribution in [0.15, 0.2) is 24.3 Å². The summed E-state index contributed by atoms with van der Waals surface area (Å²) in [5, 5.41) is 3.07. The zero-order chi connectivity index (χ0) is 20.9. The number of hydrogen-bond donors (Lipinski definition) is 1. The number of nitrogens with zero attached hydrogens (tertiary/aromatic N) is 3. The first-order valence-corrected chi connectivity index (χ1v) is 11.3. The number of benzene rings is 1. The quantitative estimate of drug-likeness (QED) is 0.736. The maximum Gasteiger partial charge on any atom is 0.225 e. The molecule has 1 atom stereocenters. The number of amides is 2. The second-order valence-electron chi connectivity index (χ2n) is 8.70. The van der Waals surface area contributed by atoms with Gasteiger partial charge in [0.15, 0.2) is 0 Å². The molecule has 0 bridgehead atoms. The number of carbonyl (C=O) groups is 2. The summed E-state index contributed by atoms with van der Waals surface area (Å²) in [6.45, 7) is 6.04. The highest BCUT2D eigenvalue weighted by atomic mass is 16.5. The van der Waals surface area contributed by atoms with Gasteiger partial charge in [-0.15, -0.1) is 0 Å². The molecule has 2 aliphatic heterocycles. The molecule has 1 aliphatic carbocycles. The fourth-order valence-electron chi connectivity index (χ4n) is 4.98. The number of carbonyl (C=O) groups excluding carboxylic acids is 2. The second-order valence-corrected chi connectivity index (χ2v) is 8.70. The third-order valence-electron chi connectivity index (χ3n) is 6.83. The molecule has 7 nitrogen and oxygen atoms in total. The molecular weight excluding hydrogens is 380 g/mol. The van der Waals surface area contributed by atoms with Crippen molar-refractivity contribution in [2.45, 2.75) is 38.1 Å². The molecule has 0 aromatic heterocycles. The average Bonchev–Trinajstić information content (AvgIpc) is 3.44. The van der Waals surface area contributed by atoms with Gasteiger partial charge < -0.3 is 19.9 Å². The molecule has 3 fully saturated rings. The van der Waals surface area contributed by atoms with E-state index in [2.05, 4.69) is 27.2 Å². The first-order valence-electron chi connectivity index (χ1n) is 11.3. The molecule has 164 valence electrons. The van der Waals surface area contributed by atoms with Crippen LogP contribution in [0.4, 0.5) is 5.69 Å². The summed E-state index contributed by atoms with van der Waals surface area (Å²) in [5.41, 5.74) is 1.22. The van der Waals surface area contributed by atoms with Crippen LogP contribution in [-0.4, -0.2) is 80.6 Å². The SMILES string of the molecule is COc1ccc(N2CCN(CCNC(=O)[C@H]3CC(=O)N(C4CCCC4)C3)CC2)cc1. The van der Waals surface area contributed by atoms with Crippen LogP contribution in [0.1, 0.15) is 32.1 Å². The van der Waals surface area contributed by atoms with E-state index in [4.69, 9.17) is 4.74 Å². The zero-order valence-electron chi connectivity index (χ0n) is 18.0. The van der Waals surface area contributed by atoms with E-state index in [1.165, 1.54) is 18.5 Å². The van der Waals surface area contributed by atoms with Gasteiger partial charge in [-0.05, 0) is 37.1 Å². The van der Waals surface area contributed by atoms with Crippen molar-refractivity contribution in [3.8, 4) is 5.75 Å². The molecule has 1 aromatic rings. The highest BCUT2D eigenvalue weighted by Gasteiger charge is 2.38. The lowest BCUT2D eigenvalue weighted by atomic mass is 10.1. The normalized spacial score (nSPS) is 23.2. The summed E-state index contributed by atoms with van der Waals surface area (Å²) in [5.74, 6) is 0.908. The minimum atomic E-state index is -0.176. The van der Waals surface area contributed by atoms with E-state index in [9.17, 15) is 9.59 Å². The summed E-state index contributed by atoms with van der Waals surface area (Å²) in [7, 11) is 1.68. The van der Waals surface area contributed by atoms with Crippen LogP contribution >= 0.6 is 0 Å². The van der Waals surface area contributed by atoms with Gasteiger partial charge in [0, 0.05) is 64.0 Å². The Morgan fingerprint density at radius 2 is 1.80 bits per heavy atom. The van der Waals surface area contributed by atoms with E-state index in [-0.39, 0.29) is 17.7 Å². The molecule has 2 saturated heterocycles. The van der Waals surface area contributed by atoms with Crippen molar-refractivity contribution < 1.29 is 14.3 Å². The predicted octanol–water partition coefficient (Wildman–Crippen LogP) is 1.72. The third kappa shape index (κ3) is 4.89. The van der Waals surface area contributed by atoms with Crippen LogP contribution in [-0.2, 0) is 9.59 Å². The summed E-state index contributed by atoms with van der Waals surface area (Å²) in [6, 6.07) is 8.58. The maximum absolute atomic E-state index is 12.6. The molecule has 3 aliphatic rings. The predicted molar refractivity (Wildman–Crippen MR) is 117 cm³/mol. The van der Waals surface area contributed by atoms with Crippen LogP contribution < -0.4 is 15.0 Å². The average molecular weight is 415 g/mol. The minimum Gasteiger partial charge on any atom is -0.497 e. The van der Waals surface area contributed by atoms with Crippen LogP contribution in [0.5, 0.6) is 5.75 Å². The molecule has 2 heterocycles. The summed E-state index contributed by atoms with van der Waals surface area (Å²) in [6.07, 6.45) is 4.99. The van der Waals surface area contributed by atoms with Crippen LogP contribution in [0, 0.1) is 5.92 Å². The van der Waals surface area contributed by atoms with E-state index >= 15 is 0 Å². The van der Waals surface area contributed by atoms with Crippen molar-refractivity contribution in [2.75, 3.05) is 57.8 Å². The largest absolute Gasteiger partial charge is 0.497 e. The van der Waals surface area contributed by atoms with Gasteiger partial charge in [0.05, 0.1) is 13.0 Å². The lowest BCUT2D eigenvalue weighted by molar-refractivity contribution is -0.130. The molecular formula is C23H34N4O3. The maximum atomic E-state index is 12.6. The Hall–Kier alpha value is -2.28. The monoisotopic (exact) mass is 414 g/mol. The molecule has 0 radical (unpaired) electrons. The van der Waals surface area contributed by atoms with Crippen LogP contribution in [0.3, 0.4) is 0 Å². The topological polar surface area (TPSA) is 65.1 Å². The van der Waals surface area contributed by atoms with Crippen LogP contribution in [0.25, 0.3) is 0 Å². The first-order chi connectivity index (χ1) is 14.6. The van der Waals surface area contributed by atoms with Crippen molar-refractivity contribution in [2.24, 2.45) is 5.92 Å². The van der Waals surface area contributed by atoms with E-state index in [0.717, 1.165) is 51.3 Å². The third-order valence-corrected chi connectivity index (χ3v) is 6.83. The highest BCUT2D eigenvalue weighted by Crippen LogP contribution is 2.29. The van der Waals surface area contributed by atoms with Crippen molar-refractivity contribution in [1.82, 2.24) is 15.1 Å². The van der Waals surface area contributed by atoms with Crippen molar-refractivity contribution in [3.63, 3.8) is 0 Å². The summed E-state index contributed by atoms with van der Waals surface area (Å²) in [4.78, 5) is 31.6. The number of anilines is 1. The number of likely N-dealkylation sites (tertiary alicyclic amines) is 1. The van der Waals surface area contributed by atoms with Crippen LogP contribution in [0.2, 0.25) is 0 Å². The molecule has 7 heteroatoms. The molecule has 0 spiro atoms. The molecule has 4 rings (SSSR count). The standard InChI is InChI=1S/C23H34N4O3/c1-30-21-8-6-19(7-9-21)26-14-12-25(13-15-26)11-10-24-23(29)18-16-22(28)27(17-18)20-4-2-3-5-20/h6-9,18,20H,2-5,10-17H2,1H3,(H,24,29)/t18-/m0/s1. The number of ether oxygens (including phenoxy) is 1. The molecule has 1 aromatic carbocycles. The highest BCUT2D eigenvalue weighted by molar-refractivity contribution is 5.89. The Morgan fingerprint density at radius 3 is 2.47 bits per heavy atom. The molecule has 1 saturated carbocycles. The van der Waals surface area contributed by atoms with Gasteiger partial charge in [0.1, 0.15) is 5.75 Å². The number of nitrogens with one attached hydrogen (secondary N) is 1. The van der Waals surface area contributed by atoms with E-state index in [0.29, 0.717) is 25.6 Å². The molecule has 1 N–H and O–H groups in total. The van der Waals surface area contributed by atoms with Gasteiger partial charge in [0.2, 0.25) is 11.8 Å². The number of hydrogen-bond acceptors (Lipinski definition) is 5. The Morgan fingerprint density at radius 1 is 1.10 bits per heavy atom. The Kier molecular flexibility index (Phi) is 6.77. The fraction of sp³-hybridized carbons (Fsp3) is 0.652. The summed E-state index contributed by atoms with van der Waals surface area (Å²) >= 11 is 0. The van der Waals surface area contributed by atoms with Gasteiger partial charge in [0.25, 0.3) is 0 Å². The second kappa shape index (κ2) is 9.69. The van der Waals surface area contributed by atoms with E-state index < -0.39 is 0 Å². The Balaban J connectivity index is 1.15. The lowest BCUT2D eigenvalue weighted by Gasteiger charge is -2.36. The van der Waals surface area contributed by atoms with Gasteiger partial charge in [-0.25, -0.2) is 0 Å². The van der Waals surface area contributed by atoms with Gasteiger partial charge in [-0.2, -0.15) is 0 Å². The fourth-order valence-corrected chi connectivity index (χ4v) is 4.98. The number of piperazine rings is 1. The number of rotatable bonds is 7. The summed E-state index contributed by atoms with van der Waals surface area (Å²) < 4.78 is 5.23. The number of methoxy groups -OCH3 is 1. The molecule has 2 amide bonds. The lowest BCUT2D eigenvalue weighted by Crippen LogP contribution is -2.48. The Labute approximate surface area is 179 Å².